The van der Waals surface area contributed by atoms with Crippen LogP contribution >= 0.6 is 11.3 Å². The van der Waals surface area contributed by atoms with E-state index >= 15 is 0 Å². The van der Waals surface area contributed by atoms with Gasteiger partial charge in [-0.2, -0.15) is 4.31 Å². The molecule has 6 nitrogen and oxygen atoms in total. The molecule has 0 spiro atoms. The molecule has 0 saturated carbocycles. The van der Waals surface area contributed by atoms with Crippen LogP contribution < -0.4 is 5.32 Å². The molecule has 2 aliphatic rings. The number of hydrogen-bond donors (Lipinski definition) is 1. The lowest BCUT2D eigenvalue weighted by Crippen LogP contribution is -2.51. The number of hydrogen-bond acceptors (Lipinski definition) is 6. The first kappa shape index (κ1) is 17.3. The first-order chi connectivity index (χ1) is 11.2. The molecule has 1 aromatic rings. The van der Waals surface area contributed by atoms with E-state index in [0.717, 1.165) is 58.8 Å². The van der Waals surface area contributed by atoms with Gasteiger partial charge >= 0.3 is 0 Å². The van der Waals surface area contributed by atoms with E-state index in [2.05, 4.69) is 10.2 Å². The summed E-state index contributed by atoms with van der Waals surface area (Å²) in [7, 11) is -3.40. The molecule has 1 aromatic heterocycles. The zero-order valence-electron chi connectivity index (χ0n) is 13.3. The third-order valence-corrected chi connectivity index (χ3v) is 7.80. The fraction of sp³-hybridized carbons (Fsp3) is 0.733. The number of rotatable bonds is 6. The lowest BCUT2D eigenvalue weighted by atomic mass is 10.1. The monoisotopic (exact) mass is 359 g/mol. The maximum atomic E-state index is 13.0. The lowest BCUT2D eigenvalue weighted by molar-refractivity contribution is 0.0350. The van der Waals surface area contributed by atoms with Crippen molar-refractivity contribution in [2.45, 2.75) is 23.1 Å². The summed E-state index contributed by atoms with van der Waals surface area (Å²) in [5, 5.41) is 5.16. The molecule has 1 N–H and O–H groups in total. The van der Waals surface area contributed by atoms with Crippen LogP contribution in [0.5, 0.6) is 0 Å². The van der Waals surface area contributed by atoms with Crippen molar-refractivity contribution in [1.82, 2.24) is 14.5 Å². The number of morpholine rings is 1. The largest absolute Gasteiger partial charge is 0.379 e. The van der Waals surface area contributed by atoms with E-state index in [1.54, 1.807) is 16.4 Å². The molecule has 0 amide bonds. The Morgan fingerprint density at radius 3 is 2.87 bits per heavy atom. The maximum absolute atomic E-state index is 13.0. The van der Waals surface area contributed by atoms with Gasteiger partial charge in [0.05, 0.1) is 13.2 Å². The van der Waals surface area contributed by atoms with Gasteiger partial charge in [0.1, 0.15) is 4.21 Å². The predicted octanol–water partition coefficient (Wildman–Crippen LogP) is 0.823. The summed E-state index contributed by atoms with van der Waals surface area (Å²) in [6, 6.07) is 3.56. The highest BCUT2D eigenvalue weighted by Gasteiger charge is 2.33. The Balaban J connectivity index is 1.73. The van der Waals surface area contributed by atoms with Gasteiger partial charge in [0.2, 0.25) is 0 Å². The van der Waals surface area contributed by atoms with Crippen LogP contribution in [0.2, 0.25) is 0 Å². The average Bonchev–Trinajstić information content (AvgIpc) is 3.12. The van der Waals surface area contributed by atoms with Gasteiger partial charge in [0.25, 0.3) is 10.0 Å². The number of nitrogens with one attached hydrogen (secondary N) is 1. The van der Waals surface area contributed by atoms with Gasteiger partial charge in [-0.15, -0.1) is 11.3 Å². The molecule has 2 fully saturated rings. The second-order valence-corrected chi connectivity index (χ2v) is 9.07. The van der Waals surface area contributed by atoms with Crippen LogP contribution in [0.25, 0.3) is 0 Å². The van der Waals surface area contributed by atoms with E-state index in [-0.39, 0.29) is 6.04 Å². The standard InChI is InChI=1S/C15H25N3O3S2/c19-23(20,15-4-2-12-22-15)18(14-3-1-5-16-13-14)7-6-17-8-10-21-11-9-17/h2,4,12,14,16H,1,3,5-11,13H2. The van der Waals surface area contributed by atoms with Crippen molar-refractivity contribution in [2.24, 2.45) is 0 Å². The quantitative estimate of drug-likeness (QED) is 0.815. The van der Waals surface area contributed by atoms with E-state index in [4.69, 9.17) is 4.74 Å². The SMILES string of the molecule is O=S(=O)(c1cccs1)N(CCN1CCOCC1)C1CCCNC1. The number of sulfonamides is 1. The summed E-state index contributed by atoms with van der Waals surface area (Å²) in [6.45, 7) is 6.29. The molecule has 1 unspecified atom stereocenters. The van der Waals surface area contributed by atoms with Gasteiger partial charge in [-0.05, 0) is 30.8 Å². The van der Waals surface area contributed by atoms with E-state index in [1.165, 1.54) is 11.3 Å². The molecular formula is C15H25N3O3S2. The topological polar surface area (TPSA) is 61.9 Å². The molecule has 130 valence electrons. The molecule has 2 aliphatic heterocycles. The van der Waals surface area contributed by atoms with E-state index in [0.29, 0.717) is 10.8 Å². The van der Waals surface area contributed by atoms with E-state index in [1.807, 2.05) is 5.38 Å². The third kappa shape index (κ3) is 4.32. The fourth-order valence-electron chi connectivity index (χ4n) is 3.17. The van der Waals surface area contributed by atoms with Gasteiger partial charge in [-0.3, -0.25) is 4.90 Å². The minimum absolute atomic E-state index is 0.0527. The third-order valence-electron chi connectivity index (χ3n) is 4.48. The van der Waals surface area contributed by atoms with E-state index in [9.17, 15) is 8.42 Å². The van der Waals surface area contributed by atoms with Crippen LogP contribution in [-0.4, -0.2) is 76.1 Å². The second-order valence-electron chi connectivity index (χ2n) is 6.00. The number of thiophene rings is 1. The molecule has 1 atom stereocenters. The van der Waals surface area contributed by atoms with Crippen molar-refractivity contribution in [3.63, 3.8) is 0 Å². The van der Waals surface area contributed by atoms with Crippen LogP contribution in [0.4, 0.5) is 0 Å². The summed E-state index contributed by atoms with van der Waals surface area (Å²) in [5.74, 6) is 0. The molecule has 8 heteroatoms. The highest BCUT2D eigenvalue weighted by molar-refractivity contribution is 7.91. The smallest absolute Gasteiger partial charge is 0.252 e. The van der Waals surface area contributed by atoms with Gasteiger partial charge in [0.15, 0.2) is 0 Å². The highest BCUT2D eigenvalue weighted by atomic mass is 32.2. The molecule has 0 aromatic carbocycles. The minimum atomic E-state index is -3.40. The van der Waals surface area contributed by atoms with Crippen LogP contribution in [0, 0.1) is 0 Å². The van der Waals surface area contributed by atoms with E-state index < -0.39 is 10.0 Å². The van der Waals surface area contributed by atoms with Crippen molar-refractivity contribution < 1.29 is 13.2 Å². The van der Waals surface area contributed by atoms with Crippen LogP contribution in [0.1, 0.15) is 12.8 Å². The summed E-state index contributed by atoms with van der Waals surface area (Å²) < 4.78 is 33.6. The Kier molecular flexibility index (Phi) is 6.06. The predicted molar refractivity (Wildman–Crippen MR) is 91.4 cm³/mol. The average molecular weight is 360 g/mol. The molecule has 0 radical (unpaired) electrons. The van der Waals surface area contributed by atoms with Crippen molar-refractivity contribution >= 4 is 21.4 Å². The molecule has 3 rings (SSSR count). The summed E-state index contributed by atoms with van der Waals surface area (Å²) in [4.78, 5) is 2.29. The Labute approximate surface area is 142 Å². The number of nitrogens with zero attached hydrogens (tertiary/aromatic N) is 2. The lowest BCUT2D eigenvalue weighted by Gasteiger charge is -2.35. The molecular weight excluding hydrogens is 334 g/mol. The zero-order valence-corrected chi connectivity index (χ0v) is 14.9. The maximum Gasteiger partial charge on any atom is 0.252 e. The minimum Gasteiger partial charge on any atom is -0.379 e. The van der Waals surface area contributed by atoms with Gasteiger partial charge < -0.3 is 10.1 Å². The molecule has 3 heterocycles. The van der Waals surface area contributed by atoms with Crippen LogP contribution in [0.15, 0.2) is 21.7 Å². The van der Waals surface area contributed by atoms with Crippen LogP contribution in [0.3, 0.4) is 0 Å². The second kappa shape index (κ2) is 8.04. The zero-order chi connectivity index (χ0) is 16.1. The fourth-order valence-corrected chi connectivity index (χ4v) is 5.93. The molecule has 23 heavy (non-hydrogen) atoms. The van der Waals surface area contributed by atoms with Crippen molar-refractivity contribution in [3.8, 4) is 0 Å². The van der Waals surface area contributed by atoms with Gasteiger partial charge in [0, 0.05) is 38.8 Å². The van der Waals surface area contributed by atoms with Crippen molar-refractivity contribution in [3.05, 3.63) is 17.5 Å². The normalized spacial score (nSPS) is 24.1. The number of piperidine rings is 1. The van der Waals surface area contributed by atoms with Crippen molar-refractivity contribution in [1.29, 1.82) is 0 Å². The Bertz CT molecular complexity index is 565. The van der Waals surface area contributed by atoms with Gasteiger partial charge in [-0.25, -0.2) is 8.42 Å². The van der Waals surface area contributed by atoms with Crippen LogP contribution in [-0.2, 0) is 14.8 Å². The molecule has 0 bridgehead atoms. The summed E-state index contributed by atoms with van der Waals surface area (Å²) in [5.41, 5.74) is 0. The highest BCUT2D eigenvalue weighted by Crippen LogP contribution is 2.25. The Hall–Kier alpha value is -0.510. The van der Waals surface area contributed by atoms with Crippen molar-refractivity contribution in [2.75, 3.05) is 52.5 Å². The Morgan fingerprint density at radius 2 is 2.22 bits per heavy atom. The summed E-state index contributed by atoms with van der Waals surface area (Å²) in [6.07, 6.45) is 1.96. The Morgan fingerprint density at radius 1 is 1.39 bits per heavy atom. The number of ether oxygens (including phenoxy) is 1. The van der Waals surface area contributed by atoms with Gasteiger partial charge in [-0.1, -0.05) is 6.07 Å². The first-order valence-corrected chi connectivity index (χ1v) is 10.6. The first-order valence-electron chi connectivity index (χ1n) is 8.24. The summed E-state index contributed by atoms with van der Waals surface area (Å²) >= 11 is 1.30. The molecule has 2 saturated heterocycles. The molecule has 0 aliphatic carbocycles.